The second kappa shape index (κ2) is 9.47. The predicted molar refractivity (Wildman–Crippen MR) is 106 cm³/mol. The minimum Gasteiger partial charge on any atom is -0.383 e. The van der Waals surface area contributed by atoms with Crippen LogP contribution in [0.2, 0.25) is 0 Å². The summed E-state index contributed by atoms with van der Waals surface area (Å²) in [4.78, 5) is 6.46. The van der Waals surface area contributed by atoms with Crippen molar-refractivity contribution in [2.24, 2.45) is 0 Å². The first kappa shape index (κ1) is 21.4. The van der Waals surface area contributed by atoms with Gasteiger partial charge in [0.05, 0.1) is 12.3 Å². The molecule has 1 aromatic carbocycles. The summed E-state index contributed by atoms with van der Waals surface area (Å²) >= 11 is 0. The first-order valence-corrected chi connectivity index (χ1v) is 10.8. The molecule has 0 radical (unpaired) electrons. The van der Waals surface area contributed by atoms with E-state index < -0.39 is 21.7 Å². The number of benzene rings is 1. The van der Waals surface area contributed by atoms with Crippen LogP contribution in [0.15, 0.2) is 41.4 Å². The predicted octanol–water partition coefficient (Wildman–Crippen LogP) is 2.68. The number of nitrogens with one attached hydrogen (secondary N) is 2. The van der Waals surface area contributed by atoms with Crippen molar-refractivity contribution in [3.05, 3.63) is 48.2 Å². The molecule has 1 aromatic heterocycles. The van der Waals surface area contributed by atoms with Crippen LogP contribution in [0.5, 0.6) is 0 Å². The lowest BCUT2D eigenvalue weighted by molar-refractivity contribution is 0.132. The molecular weight excluding hydrogens is 402 g/mol. The molecule has 7 nitrogen and oxygen atoms in total. The van der Waals surface area contributed by atoms with Crippen molar-refractivity contribution in [2.45, 2.75) is 23.8 Å². The summed E-state index contributed by atoms with van der Waals surface area (Å²) in [6.07, 6.45) is 3.16. The fraction of sp³-hybridized carbons (Fsp3) is 0.421. The molecular formula is C19H24F2N4O3S. The molecule has 0 unspecified atom stereocenters. The summed E-state index contributed by atoms with van der Waals surface area (Å²) in [7, 11) is -2.27. The second-order valence-electron chi connectivity index (χ2n) is 6.87. The Kier molecular flexibility index (Phi) is 6.99. The molecule has 0 atom stereocenters. The molecule has 1 aliphatic rings. The maximum atomic E-state index is 13.3. The molecule has 1 fully saturated rings. The van der Waals surface area contributed by atoms with Crippen LogP contribution >= 0.6 is 0 Å². The van der Waals surface area contributed by atoms with E-state index >= 15 is 0 Å². The first-order chi connectivity index (χ1) is 13.9. The maximum absolute atomic E-state index is 13.3. The van der Waals surface area contributed by atoms with Crippen molar-refractivity contribution < 1.29 is 21.9 Å². The number of methoxy groups -OCH3 is 1. The van der Waals surface area contributed by atoms with E-state index in [2.05, 4.69) is 19.9 Å². The standard InChI is InChI=1S/C19H24F2N4O3S/c1-28-11-10-25-8-6-14(7-9-25)23-19-5-3-16(13-22-19)29(26,27)24-15-2-4-17(20)18(21)12-15/h2-5,12-14,24H,6-11H2,1H3,(H,22,23). The third-order valence-corrected chi connectivity index (χ3v) is 6.14. The lowest BCUT2D eigenvalue weighted by Gasteiger charge is -2.32. The largest absolute Gasteiger partial charge is 0.383 e. The Balaban J connectivity index is 1.57. The minimum absolute atomic E-state index is 0.0636. The van der Waals surface area contributed by atoms with Gasteiger partial charge in [-0.2, -0.15) is 0 Å². The highest BCUT2D eigenvalue weighted by molar-refractivity contribution is 7.92. The summed E-state index contributed by atoms with van der Waals surface area (Å²) in [5, 5.41) is 3.32. The third-order valence-electron chi connectivity index (χ3n) is 4.77. The van der Waals surface area contributed by atoms with E-state index in [9.17, 15) is 17.2 Å². The minimum atomic E-state index is -3.96. The molecule has 10 heteroatoms. The number of nitrogens with zero attached hydrogens (tertiary/aromatic N) is 2. The van der Waals surface area contributed by atoms with Crippen molar-refractivity contribution in [1.29, 1.82) is 0 Å². The van der Waals surface area contributed by atoms with Crippen LogP contribution < -0.4 is 10.0 Å². The number of hydrogen-bond donors (Lipinski definition) is 2. The van der Waals surface area contributed by atoms with Crippen molar-refractivity contribution in [3.63, 3.8) is 0 Å². The molecule has 0 saturated carbocycles. The molecule has 1 aliphatic heterocycles. The molecule has 3 rings (SSSR count). The molecule has 158 valence electrons. The SMILES string of the molecule is COCCN1CCC(Nc2ccc(S(=O)(=O)Nc3ccc(F)c(F)c3)cn2)CC1. The van der Waals surface area contributed by atoms with E-state index in [0.717, 1.165) is 50.7 Å². The van der Waals surface area contributed by atoms with Gasteiger partial charge in [0.15, 0.2) is 11.6 Å². The van der Waals surface area contributed by atoms with Gasteiger partial charge in [-0.25, -0.2) is 22.2 Å². The zero-order valence-electron chi connectivity index (χ0n) is 16.1. The molecule has 29 heavy (non-hydrogen) atoms. The smallest absolute Gasteiger partial charge is 0.263 e. The monoisotopic (exact) mass is 426 g/mol. The van der Waals surface area contributed by atoms with Gasteiger partial charge in [0, 0.05) is 45.0 Å². The number of aromatic nitrogens is 1. The van der Waals surface area contributed by atoms with Crippen LogP contribution in [0.25, 0.3) is 0 Å². The number of sulfonamides is 1. The van der Waals surface area contributed by atoms with E-state index in [4.69, 9.17) is 4.74 Å². The molecule has 2 heterocycles. The van der Waals surface area contributed by atoms with E-state index in [0.29, 0.717) is 12.4 Å². The number of piperidine rings is 1. The number of likely N-dealkylation sites (tertiary alicyclic amines) is 1. The van der Waals surface area contributed by atoms with Gasteiger partial charge < -0.3 is 15.0 Å². The van der Waals surface area contributed by atoms with Crippen molar-refractivity contribution >= 4 is 21.5 Å². The van der Waals surface area contributed by atoms with Gasteiger partial charge in [0.2, 0.25) is 0 Å². The second-order valence-corrected chi connectivity index (χ2v) is 8.55. The average molecular weight is 426 g/mol. The number of pyridine rings is 1. The van der Waals surface area contributed by atoms with Gasteiger partial charge >= 0.3 is 0 Å². The van der Waals surface area contributed by atoms with Gasteiger partial charge in [0.25, 0.3) is 10.0 Å². The first-order valence-electron chi connectivity index (χ1n) is 9.29. The Bertz CT molecular complexity index is 918. The molecule has 0 aliphatic carbocycles. The van der Waals surface area contributed by atoms with Crippen LogP contribution in [-0.4, -0.2) is 57.7 Å². The number of halogens is 2. The van der Waals surface area contributed by atoms with Crippen LogP contribution in [-0.2, 0) is 14.8 Å². The Hall–Kier alpha value is -2.30. The van der Waals surface area contributed by atoms with Gasteiger partial charge in [-0.3, -0.25) is 4.72 Å². The molecule has 0 bridgehead atoms. The van der Waals surface area contributed by atoms with E-state index in [-0.39, 0.29) is 16.6 Å². The van der Waals surface area contributed by atoms with Crippen molar-refractivity contribution in [1.82, 2.24) is 9.88 Å². The Labute approximate surface area is 169 Å². The number of hydrogen-bond acceptors (Lipinski definition) is 6. The summed E-state index contributed by atoms with van der Waals surface area (Å²) in [5.41, 5.74) is -0.0636. The Morgan fingerprint density at radius 1 is 1.17 bits per heavy atom. The zero-order valence-corrected chi connectivity index (χ0v) is 16.9. The number of rotatable bonds is 8. The number of anilines is 2. The van der Waals surface area contributed by atoms with E-state index in [1.54, 1.807) is 13.2 Å². The fourth-order valence-corrected chi connectivity index (χ4v) is 4.12. The van der Waals surface area contributed by atoms with E-state index in [1.807, 2.05) is 0 Å². The topological polar surface area (TPSA) is 83.6 Å². The Morgan fingerprint density at radius 2 is 1.93 bits per heavy atom. The lowest BCUT2D eigenvalue weighted by Crippen LogP contribution is -2.40. The van der Waals surface area contributed by atoms with Crippen molar-refractivity contribution in [3.8, 4) is 0 Å². The summed E-state index contributed by atoms with van der Waals surface area (Å²) in [5.74, 6) is -1.59. The lowest BCUT2D eigenvalue weighted by atomic mass is 10.1. The average Bonchev–Trinajstić information content (AvgIpc) is 2.70. The third kappa shape index (κ3) is 5.84. The van der Waals surface area contributed by atoms with Gasteiger partial charge in [0.1, 0.15) is 10.7 Å². The molecule has 1 saturated heterocycles. The van der Waals surface area contributed by atoms with Gasteiger partial charge in [-0.05, 0) is 37.1 Å². The van der Waals surface area contributed by atoms with Crippen LogP contribution in [0, 0.1) is 11.6 Å². The normalized spacial score (nSPS) is 16.0. The summed E-state index contributed by atoms with van der Waals surface area (Å²) in [6.45, 7) is 3.56. The summed E-state index contributed by atoms with van der Waals surface area (Å²) < 4.78 is 58.4. The van der Waals surface area contributed by atoms with E-state index in [1.165, 1.54) is 12.3 Å². The highest BCUT2D eigenvalue weighted by atomic mass is 32.2. The number of ether oxygens (including phenoxy) is 1. The quantitative estimate of drug-likeness (QED) is 0.675. The fourth-order valence-electron chi connectivity index (χ4n) is 3.13. The highest BCUT2D eigenvalue weighted by Gasteiger charge is 2.20. The van der Waals surface area contributed by atoms with Crippen LogP contribution in [0.1, 0.15) is 12.8 Å². The van der Waals surface area contributed by atoms with Crippen LogP contribution in [0.3, 0.4) is 0 Å². The molecule has 2 N–H and O–H groups in total. The molecule has 0 amide bonds. The van der Waals surface area contributed by atoms with Crippen LogP contribution in [0.4, 0.5) is 20.3 Å². The zero-order chi connectivity index (χ0) is 20.9. The molecule has 2 aromatic rings. The highest BCUT2D eigenvalue weighted by Crippen LogP contribution is 2.20. The summed E-state index contributed by atoms with van der Waals surface area (Å²) in [6, 6.07) is 6.08. The maximum Gasteiger partial charge on any atom is 0.263 e. The van der Waals surface area contributed by atoms with Gasteiger partial charge in [-0.15, -0.1) is 0 Å². The van der Waals surface area contributed by atoms with Crippen molar-refractivity contribution in [2.75, 3.05) is 43.4 Å². The van der Waals surface area contributed by atoms with Gasteiger partial charge in [-0.1, -0.05) is 0 Å². The Morgan fingerprint density at radius 3 is 2.55 bits per heavy atom. The molecule has 0 spiro atoms.